The normalized spacial score (nSPS) is 10.9. The molecule has 1 aromatic rings. The monoisotopic (exact) mass is 263 g/mol. The Morgan fingerprint density at radius 1 is 1.11 bits per heavy atom. The van der Waals surface area contributed by atoms with Crippen LogP contribution < -0.4 is 5.32 Å². The molecule has 0 saturated carbocycles. The van der Waals surface area contributed by atoms with E-state index in [-0.39, 0.29) is 36.9 Å². The van der Waals surface area contributed by atoms with Crippen molar-refractivity contribution >= 4 is 11.9 Å². The first-order valence-electron chi connectivity index (χ1n) is 6.37. The van der Waals surface area contributed by atoms with E-state index in [4.69, 9.17) is 4.74 Å². The molecule has 0 aliphatic carbocycles. The number of hydrogen-bond acceptors (Lipinski definition) is 3. The molecule has 104 valence electrons. The van der Waals surface area contributed by atoms with Crippen molar-refractivity contribution in [3.8, 4) is 0 Å². The summed E-state index contributed by atoms with van der Waals surface area (Å²) in [5.41, 5.74) is 0.667. The fourth-order valence-corrected chi connectivity index (χ4v) is 1.51. The predicted molar refractivity (Wildman–Crippen MR) is 73.4 cm³/mol. The Morgan fingerprint density at radius 2 is 1.74 bits per heavy atom. The van der Waals surface area contributed by atoms with Gasteiger partial charge in [0.1, 0.15) is 6.61 Å². The highest BCUT2D eigenvalue weighted by Gasteiger charge is 2.15. The highest BCUT2D eigenvalue weighted by Crippen LogP contribution is 2.04. The quantitative estimate of drug-likeness (QED) is 0.830. The van der Waals surface area contributed by atoms with Gasteiger partial charge in [0.2, 0.25) is 5.91 Å². The van der Waals surface area contributed by atoms with Crippen molar-refractivity contribution in [2.45, 2.75) is 45.8 Å². The van der Waals surface area contributed by atoms with Crippen molar-refractivity contribution in [1.29, 1.82) is 0 Å². The second-order valence-corrected chi connectivity index (χ2v) is 5.44. The van der Waals surface area contributed by atoms with Crippen LogP contribution in [0.15, 0.2) is 30.3 Å². The van der Waals surface area contributed by atoms with Crippen LogP contribution in [0.4, 0.5) is 0 Å². The summed E-state index contributed by atoms with van der Waals surface area (Å²) in [5, 5.41) is 2.80. The summed E-state index contributed by atoms with van der Waals surface area (Å²) in [6.07, 6.45) is 0.264. The van der Waals surface area contributed by atoms with Gasteiger partial charge >= 0.3 is 5.97 Å². The van der Waals surface area contributed by atoms with Gasteiger partial charge in [-0.25, -0.2) is 0 Å². The molecule has 1 rings (SSSR count). The van der Waals surface area contributed by atoms with Crippen molar-refractivity contribution in [3.05, 3.63) is 35.9 Å². The Hall–Kier alpha value is -1.84. The number of benzene rings is 1. The highest BCUT2D eigenvalue weighted by molar-refractivity contribution is 5.81. The zero-order valence-electron chi connectivity index (χ0n) is 11.7. The van der Waals surface area contributed by atoms with Gasteiger partial charge in [-0.1, -0.05) is 30.3 Å². The van der Waals surface area contributed by atoms with Gasteiger partial charge in [-0.3, -0.25) is 9.59 Å². The highest BCUT2D eigenvalue weighted by atomic mass is 16.5. The van der Waals surface area contributed by atoms with Gasteiger partial charge in [-0.15, -0.1) is 0 Å². The average Bonchev–Trinajstić information content (AvgIpc) is 2.33. The van der Waals surface area contributed by atoms with Gasteiger partial charge in [-0.05, 0) is 26.3 Å². The van der Waals surface area contributed by atoms with E-state index >= 15 is 0 Å². The predicted octanol–water partition coefficient (Wildman–Crippen LogP) is 2.42. The minimum Gasteiger partial charge on any atom is -0.461 e. The second-order valence-electron chi connectivity index (χ2n) is 5.44. The topological polar surface area (TPSA) is 55.4 Å². The number of esters is 1. The van der Waals surface area contributed by atoms with Crippen LogP contribution in [0.5, 0.6) is 0 Å². The first kappa shape index (κ1) is 15.2. The third-order valence-corrected chi connectivity index (χ3v) is 2.31. The molecule has 0 fully saturated rings. The Bertz CT molecular complexity index is 421. The van der Waals surface area contributed by atoms with Crippen LogP contribution in [0.3, 0.4) is 0 Å². The van der Waals surface area contributed by atoms with Crippen LogP contribution in [0.2, 0.25) is 0 Å². The van der Waals surface area contributed by atoms with Crippen LogP contribution in [0.1, 0.15) is 39.2 Å². The first-order valence-corrected chi connectivity index (χ1v) is 6.37. The molecule has 0 aliphatic rings. The van der Waals surface area contributed by atoms with E-state index in [0.29, 0.717) is 0 Å². The minimum absolute atomic E-state index is 0.106. The number of rotatable bonds is 5. The zero-order chi connectivity index (χ0) is 14.3. The smallest absolute Gasteiger partial charge is 0.306 e. The second kappa shape index (κ2) is 6.92. The lowest BCUT2D eigenvalue weighted by Crippen LogP contribution is -2.40. The third kappa shape index (κ3) is 7.24. The van der Waals surface area contributed by atoms with Crippen LogP contribution in [0.25, 0.3) is 0 Å². The Balaban J connectivity index is 2.23. The van der Waals surface area contributed by atoms with Crippen molar-refractivity contribution in [2.75, 3.05) is 0 Å². The van der Waals surface area contributed by atoms with Gasteiger partial charge in [0.05, 0.1) is 6.42 Å². The van der Waals surface area contributed by atoms with Gasteiger partial charge < -0.3 is 10.1 Å². The largest absolute Gasteiger partial charge is 0.461 e. The van der Waals surface area contributed by atoms with Crippen molar-refractivity contribution < 1.29 is 14.3 Å². The lowest BCUT2D eigenvalue weighted by molar-refractivity contribution is -0.146. The molecule has 0 saturated heterocycles. The molecule has 1 N–H and O–H groups in total. The molecule has 0 bridgehead atoms. The first-order chi connectivity index (χ1) is 8.87. The summed E-state index contributed by atoms with van der Waals surface area (Å²) in [6.45, 7) is 5.95. The molecule has 0 aromatic heterocycles. The van der Waals surface area contributed by atoms with E-state index in [0.717, 1.165) is 5.56 Å². The molecule has 0 atom stereocenters. The van der Waals surface area contributed by atoms with Crippen LogP contribution in [0, 0.1) is 0 Å². The van der Waals surface area contributed by atoms with E-state index in [9.17, 15) is 9.59 Å². The third-order valence-electron chi connectivity index (χ3n) is 2.31. The molecule has 1 amide bonds. The molecule has 1 aromatic carbocycles. The van der Waals surface area contributed by atoms with Gasteiger partial charge in [0.15, 0.2) is 0 Å². The molecular weight excluding hydrogens is 242 g/mol. The molecule has 4 nitrogen and oxygen atoms in total. The minimum atomic E-state index is -0.354. The van der Waals surface area contributed by atoms with E-state index in [2.05, 4.69) is 5.32 Å². The lowest BCUT2D eigenvalue weighted by Gasteiger charge is -2.20. The number of hydrogen-bond donors (Lipinski definition) is 1. The number of amides is 1. The zero-order valence-corrected chi connectivity index (χ0v) is 11.7. The maximum Gasteiger partial charge on any atom is 0.306 e. The maximum atomic E-state index is 11.5. The van der Waals surface area contributed by atoms with E-state index in [1.807, 2.05) is 51.1 Å². The summed E-state index contributed by atoms with van der Waals surface area (Å²) in [6, 6.07) is 9.46. The van der Waals surface area contributed by atoms with Gasteiger partial charge in [-0.2, -0.15) is 0 Å². The number of ether oxygens (including phenoxy) is 1. The Morgan fingerprint density at radius 3 is 2.32 bits per heavy atom. The number of carbonyl (C=O) groups excluding carboxylic acids is 2. The number of nitrogens with one attached hydrogen (secondary N) is 1. The molecule has 19 heavy (non-hydrogen) atoms. The van der Waals surface area contributed by atoms with Crippen LogP contribution in [-0.2, 0) is 20.9 Å². The maximum absolute atomic E-state index is 11.5. The Kier molecular flexibility index (Phi) is 5.55. The fourth-order valence-electron chi connectivity index (χ4n) is 1.51. The summed E-state index contributed by atoms with van der Waals surface area (Å²) < 4.78 is 5.09. The molecule has 0 aliphatic heterocycles. The molecule has 0 spiro atoms. The summed E-state index contributed by atoms with van der Waals surface area (Å²) in [5.74, 6) is -0.489. The van der Waals surface area contributed by atoms with Crippen molar-refractivity contribution in [2.24, 2.45) is 0 Å². The van der Waals surface area contributed by atoms with Crippen molar-refractivity contribution in [1.82, 2.24) is 5.32 Å². The van der Waals surface area contributed by atoms with Crippen LogP contribution in [-0.4, -0.2) is 17.4 Å². The SMILES string of the molecule is CC(C)(C)NC(=O)CCC(=O)OCc1ccccc1. The molecule has 4 heteroatoms. The van der Waals surface area contributed by atoms with Gasteiger partial charge in [0, 0.05) is 12.0 Å². The van der Waals surface area contributed by atoms with Crippen molar-refractivity contribution in [3.63, 3.8) is 0 Å². The molecular formula is C15H21NO3. The number of carbonyl (C=O) groups is 2. The fraction of sp³-hybridized carbons (Fsp3) is 0.467. The summed E-state index contributed by atoms with van der Waals surface area (Å²) >= 11 is 0. The van der Waals surface area contributed by atoms with E-state index in [1.54, 1.807) is 0 Å². The average molecular weight is 263 g/mol. The standard InChI is InChI=1S/C15H21NO3/c1-15(2,3)16-13(17)9-10-14(18)19-11-12-7-5-4-6-8-12/h4-8H,9-11H2,1-3H3,(H,16,17). The summed E-state index contributed by atoms with van der Waals surface area (Å²) in [7, 11) is 0. The van der Waals surface area contributed by atoms with E-state index < -0.39 is 0 Å². The molecule has 0 unspecified atom stereocenters. The Labute approximate surface area is 114 Å². The summed E-state index contributed by atoms with van der Waals surface area (Å²) in [4.78, 5) is 23.0. The van der Waals surface area contributed by atoms with Gasteiger partial charge in [0.25, 0.3) is 0 Å². The molecule has 0 radical (unpaired) electrons. The van der Waals surface area contributed by atoms with E-state index in [1.165, 1.54) is 0 Å². The van der Waals surface area contributed by atoms with Crippen LogP contribution >= 0.6 is 0 Å². The lowest BCUT2D eigenvalue weighted by atomic mass is 10.1. The molecule has 0 heterocycles.